The maximum atomic E-state index is 4.75. The number of rotatable bonds is 5. The van der Waals surface area contributed by atoms with Crippen LogP contribution in [-0.4, -0.2) is 44.7 Å². The van der Waals surface area contributed by atoms with Crippen LogP contribution >= 0.6 is 0 Å². The van der Waals surface area contributed by atoms with Crippen molar-refractivity contribution in [1.29, 1.82) is 0 Å². The summed E-state index contributed by atoms with van der Waals surface area (Å²) in [6.07, 6.45) is 5.24. The molecule has 1 fully saturated rings. The third-order valence-electron chi connectivity index (χ3n) is 4.84. The van der Waals surface area contributed by atoms with Gasteiger partial charge < -0.3 is 4.90 Å². The van der Waals surface area contributed by atoms with Gasteiger partial charge >= 0.3 is 0 Å². The summed E-state index contributed by atoms with van der Waals surface area (Å²) in [6, 6.07) is 16.3. The summed E-state index contributed by atoms with van der Waals surface area (Å²) < 4.78 is 0. The average molecular weight is 333 g/mol. The summed E-state index contributed by atoms with van der Waals surface area (Å²) in [5.74, 6) is 2.24. The molecule has 128 valence electrons. The number of benzene rings is 1. The van der Waals surface area contributed by atoms with E-state index in [1.807, 2.05) is 42.6 Å². The minimum Gasteiger partial charge on any atom is -0.302 e. The van der Waals surface area contributed by atoms with Gasteiger partial charge in [0.1, 0.15) is 5.82 Å². The quantitative estimate of drug-likeness (QED) is 0.778. The molecule has 2 aromatic heterocycles. The Labute approximate surface area is 148 Å². The fourth-order valence-corrected chi connectivity index (χ4v) is 3.47. The molecule has 0 aliphatic carbocycles. The average Bonchev–Trinajstić information content (AvgIpc) is 3.18. The molecule has 5 nitrogen and oxygen atoms in total. The molecule has 0 spiro atoms. The van der Waals surface area contributed by atoms with Crippen molar-refractivity contribution in [3.8, 4) is 11.4 Å². The van der Waals surface area contributed by atoms with Crippen molar-refractivity contribution in [3.05, 3.63) is 66.2 Å². The van der Waals surface area contributed by atoms with Crippen LogP contribution in [0.5, 0.6) is 0 Å². The van der Waals surface area contributed by atoms with Gasteiger partial charge in [0.25, 0.3) is 0 Å². The van der Waals surface area contributed by atoms with Crippen LogP contribution in [0, 0.1) is 0 Å². The molecule has 25 heavy (non-hydrogen) atoms. The van der Waals surface area contributed by atoms with Crippen molar-refractivity contribution in [2.45, 2.75) is 25.2 Å². The van der Waals surface area contributed by atoms with E-state index < -0.39 is 0 Å². The highest BCUT2D eigenvalue weighted by atomic mass is 15.2. The van der Waals surface area contributed by atoms with Crippen LogP contribution in [0.2, 0.25) is 0 Å². The third kappa shape index (κ3) is 3.94. The summed E-state index contributed by atoms with van der Waals surface area (Å²) >= 11 is 0. The van der Waals surface area contributed by atoms with Gasteiger partial charge in [-0.2, -0.15) is 5.10 Å². The lowest BCUT2D eigenvalue weighted by Crippen LogP contribution is -2.36. The van der Waals surface area contributed by atoms with Gasteiger partial charge in [0.2, 0.25) is 0 Å². The van der Waals surface area contributed by atoms with Crippen molar-refractivity contribution in [3.63, 3.8) is 0 Å². The second kappa shape index (κ2) is 7.57. The summed E-state index contributed by atoms with van der Waals surface area (Å²) in [5, 5.41) is 7.58. The lowest BCUT2D eigenvalue weighted by molar-refractivity contribution is 0.206. The van der Waals surface area contributed by atoms with Crippen LogP contribution in [0.1, 0.15) is 30.3 Å². The van der Waals surface area contributed by atoms with Crippen molar-refractivity contribution >= 4 is 0 Å². The first-order valence-corrected chi connectivity index (χ1v) is 8.98. The van der Waals surface area contributed by atoms with Gasteiger partial charge in [0.05, 0.1) is 0 Å². The predicted molar refractivity (Wildman–Crippen MR) is 98.2 cm³/mol. The minimum absolute atomic E-state index is 0.433. The first-order chi connectivity index (χ1) is 12.4. The third-order valence-corrected chi connectivity index (χ3v) is 4.84. The highest BCUT2D eigenvalue weighted by molar-refractivity contribution is 5.53. The molecular formula is C20H23N5. The molecule has 0 bridgehead atoms. The van der Waals surface area contributed by atoms with Crippen LogP contribution in [0.25, 0.3) is 11.4 Å². The molecule has 4 rings (SSSR count). The number of likely N-dealkylation sites (tertiary alicyclic amines) is 1. The summed E-state index contributed by atoms with van der Waals surface area (Å²) in [4.78, 5) is 11.7. The zero-order valence-corrected chi connectivity index (χ0v) is 14.3. The lowest BCUT2D eigenvalue weighted by atomic mass is 9.97. The lowest BCUT2D eigenvalue weighted by Gasteiger charge is -2.31. The first-order valence-electron chi connectivity index (χ1n) is 8.98. The highest BCUT2D eigenvalue weighted by Gasteiger charge is 2.24. The SMILES string of the molecule is c1ccc(-c2n[nH]c([C@@H]3CCCN(CCc4ccccn4)C3)n2)cc1. The Bertz CT molecular complexity index is 784. The number of pyridine rings is 1. The molecule has 1 aliphatic rings. The Kier molecular flexibility index (Phi) is 4.84. The van der Waals surface area contributed by atoms with E-state index in [-0.39, 0.29) is 0 Å². The largest absolute Gasteiger partial charge is 0.302 e. The molecule has 5 heteroatoms. The maximum Gasteiger partial charge on any atom is 0.181 e. The van der Waals surface area contributed by atoms with E-state index in [2.05, 4.69) is 32.2 Å². The predicted octanol–water partition coefficient (Wildman–Crippen LogP) is 3.29. The van der Waals surface area contributed by atoms with Gasteiger partial charge in [-0.05, 0) is 31.5 Å². The topological polar surface area (TPSA) is 57.7 Å². The molecule has 0 amide bonds. The smallest absolute Gasteiger partial charge is 0.181 e. The van der Waals surface area contributed by atoms with Crippen molar-refractivity contribution < 1.29 is 0 Å². The van der Waals surface area contributed by atoms with E-state index in [1.54, 1.807) is 0 Å². The molecule has 1 atom stereocenters. The van der Waals surface area contributed by atoms with Crippen molar-refractivity contribution in [2.24, 2.45) is 0 Å². The molecule has 0 saturated carbocycles. The minimum atomic E-state index is 0.433. The van der Waals surface area contributed by atoms with E-state index in [9.17, 15) is 0 Å². The summed E-state index contributed by atoms with van der Waals surface area (Å²) in [6.45, 7) is 3.24. The van der Waals surface area contributed by atoms with Gasteiger partial charge in [-0.3, -0.25) is 10.1 Å². The Balaban J connectivity index is 1.39. The fourth-order valence-electron chi connectivity index (χ4n) is 3.47. The van der Waals surface area contributed by atoms with Crippen LogP contribution in [-0.2, 0) is 6.42 Å². The van der Waals surface area contributed by atoms with E-state index in [0.29, 0.717) is 5.92 Å². The van der Waals surface area contributed by atoms with E-state index in [4.69, 9.17) is 4.98 Å². The van der Waals surface area contributed by atoms with Gasteiger partial charge in [-0.1, -0.05) is 36.4 Å². The fraction of sp³-hybridized carbons (Fsp3) is 0.350. The van der Waals surface area contributed by atoms with Gasteiger partial charge in [0.15, 0.2) is 5.82 Å². The van der Waals surface area contributed by atoms with Crippen LogP contribution in [0.3, 0.4) is 0 Å². The van der Waals surface area contributed by atoms with Crippen molar-refractivity contribution in [2.75, 3.05) is 19.6 Å². The molecule has 3 aromatic rings. The van der Waals surface area contributed by atoms with E-state index in [0.717, 1.165) is 49.0 Å². The maximum absolute atomic E-state index is 4.75. The van der Waals surface area contributed by atoms with Gasteiger partial charge in [-0.25, -0.2) is 4.98 Å². The standard InChI is InChI=1S/C20H23N5/c1-2-7-16(8-3-1)19-22-20(24-23-19)17-9-6-13-25(15-17)14-11-18-10-4-5-12-21-18/h1-5,7-8,10,12,17H,6,9,11,13-15H2,(H,22,23,24)/t17-/m1/s1. The number of aromatic nitrogens is 4. The first kappa shape index (κ1) is 16.0. The Morgan fingerprint density at radius 2 is 1.96 bits per heavy atom. The van der Waals surface area contributed by atoms with Gasteiger partial charge in [0, 0.05) is 42.9 Å². The monoisotopic (exact) mass is 333 g/mol. The van der Waals surface area contributed by atoms with Crippen LogP contribution < -0.4 is 0 Å². The molecule has 3 heterocycles. The second-order valence-corrected chi connectivity index (χ2v) is 6.62. The second-order valence-electron chi connectivity index (χ2n) is 6.62. The number of aromatic amines is 1. The normalized spacial score (nSPS) is 18.3. The number of piperidine rings is 1. The number of H-pyrrole nitrogens is 1. The molecule has 0 radical (unpaired) electrons. The molecule has 1 aliphatic heterocycles. The number of hydrogen-bond acceptors (Lipinski definition) is 4. The van der Waals surface area contributed by atoms with E-state index >= 15 is 0 Å². The Morgan fingerprint density at radius 1 is 1.08 bits per heavy atom. The van der Waals surface area contributed by atoms with E-state index in [1.165, 1.54) is 12.8 Å². The zero-order chi connectivity index (χ0) is 16.9. The molecule has 0 unspecified atom stereocenters. The molecule has 1 aromatic carbocycles. The summed E-state index contributed by atoms with van der Waals surface area (Å²) in [5.41, 5.74) is 2.23. The van der Waals surface area contributed by atoms with Crippen molar-refractivity contribution in [1.82, 2.24) is 25.1 Å². The number of nitrogens with one attached hydrogen (secondary N) is 1. The zero-order valence-electron chi connectivity index (χ0n) is 14.3. The number of hydrogen-bond donors (Lipinski definition) is 1. The van der Waals surface area contributed by atoms with Crippen LogP contribution in [0.4, 0.5) is 0 Å². The summed E-state index contributed by atoms with van der Waals surface area (Å²) in [7, 11) is 0. The molecule has 1 N–H and O–H groups in total. The Hall–Kier alpha value is -2.53. The molecule has 1 saturated heterocycles. The number of nitrogens with zero attached hydrogens (tertiary/aromatic N) is 4. The Morgan fingerprint density at radius 3 is 2.80 bits per heavy atom. The van der Waals surface area contributed by atoms with Gasteiger partial charge in [-0.15, -0.1) is 0 Å². The van der Waals surface area contributed by atoms with Crippen LogP contribution in [0.15, 0.2) is 54.7 Å². The molecular weight excluding hydrogens is 310 g/mol. The highest BCUT2D eigenvalue weighted by Crippen LogP contribution is 2.26.